The van der Waals surface area contributed by atoms with Crippen LogP contribution >= 0.6 is 0 Å². The first-order valence-corrected chi connectivity index (χ1v) is 6.54. The van der Waals surface area contributed by atoms with Crippen LogP contribution in [-0.2, 0) is 14.4 Å². The monoisotopic (exact) mass is 298 g/mol. The van der Waals surface area contributed by atoms with E-state index in [4.69, 9.17) is 15.3 Å². The van der Waals surface area contributed by atoms with Gasteiger partial charge in [0.25, 0.3) is 0 Å². The van der Waals surface area contributed by atoms with E-state index >= 15 is 0 Å². The molecule has 0 fully saturated rings. The molecule has 6 heteroatoms. The van der Waals surface area contributed by atoms with Crippen LogP contribution in [0.2, 0.25) is 0 Å². The van der Waals surface area contributed by atoms with Gasteiger partial charge in [-0.1, -0.05) is 45.4 Å². The molecular formula is C15H22O6. The zero-order valence-corrected chi connectivity index (χ0v) is 12.3. The molecule has 0 aromatic heterocycles. The molecule has 0 bridgehead atoms. The van der Waals surface area contributed by atoms with Crippen LogP contribution in [0.3, 0.4) is 0 Å². The molecule has 0 saturated carbocycles. The van der Waals surface area contributed by atoms with Crippen LogP contribution in [0.4, 0.5) is 0 Å². The minimum atomic E-state index is -1.18. The van der Waals surface area contributed by atoms with Gasteiger partial charge in [0.2, 0.25) is 0 Å². The Morgan fingerprint density at radius 3 is 1.43 bits per heavy atom. The molecule has 118 valence electrons. The van der Waals surface area contributed by atoms with Crippen molar-refractivity contribution in [1.29, 1.82) is 0 Å². The summed E-state index contributed by atoms with van der Waals surface area (Å²) < 4.78 is 0. The highest BCUT2D eigenvalue weighted by atomic mass is 16.4. The van der Waals surface area contributed by atoms with Crippen molar-refractivity contribution >= 4 is 17.9 Å². The van der Waals surface area contributed by atoms with E-state index in [1.807, 2.05) is 0 Å². The molecule has 1 rings (SSSR count). The van der Waals surface area contributed by atoms with Gasteiger partial charge in [-0.2, -0.15) is 0 Å². The highest BCUT2D eigenvalue weighted by Gasteiger charge is 2.20. The Morgan fingerprint density at radius 1 is 1.00 bits per heavy atom. The summed E-state index contributed by atoms with van der Waals surface area (Å²) in [7, 11) is 0. The van der Waals surface area contributed by atoms with Crippen molar-refractivity contribution in [2.45, 2.75) is 39.5 Å². The number of unbranched alkanes of at least 4 members (excludes halogenated alkanes) is 1. The van der Waals surface area contributed by atoms with E-state index in [0.29, 0.717) is 12.8 Å². The Kier molecular flexibility index (Phi) is 12.6. The van der Waals surface area contributed by atoms with Crippen LogP contribution in [0.15, 0.2) is 36.0 Å². The second-order valence-electron chi connectivity index (χ2n) is 3.97. The van der Waals surface area contributed by atoms with E-state index in [2.05, 4.69) is 20.4 Å². The third-order valence-electron chi connectivity index (χ3n) is 2.29. The lowest BCUT2D eigenvalue weighted by Gasteiger charge is -2.07. The first-order valence-electron chi connectivity index (χ1n) is 6.54. The van der Waals surface area contributed by atoms with Gasteiger partial charge < -0.3 is 15.3 Å². The molecule has 0 unspecified atom stereocenters. The van der Waals surface area contributed by atoms with E-state index < -0.39 is 17.9 Å². The third-order valence-corrected chi connectivity index (χ3v) is 2.29. The van der Waals surface area contributed by atoms with Crippen LogP contribution in [0.1, 0.15) is 39.5 Å². The second kappa shape index (κ2) is 12.7. The summed E-state index contributed by atoms with van der Waals surface area (Å²) in [6.07, 6.45) is 7.54. The lowest BCUT2D eigenvalue weighted by Crippen LogP contribution is -2.13. The van der Waals surface area contributed by atoms with Gasteiger partial charge in [0, 0.05) is 6.08 Å². The molecule has 0 heterocycles. The van der Waals surface area contributed by atoms with Crippen molar-refractivity contribution in [3.05, 3.63) is 36.0 Å². The van der Waals surface area contributed by atoms with Gasteiger partial charge in [-0.3, -0.25) is 0 Å². The minimum absolute atomic E-state index is 0.103. The molecule has 6 nitrogen and oxygen atoms in total. The first-order chi connectivity index (χ1) is 9.81. The summed E-state index contributed by atoms with van der Waals surface area (Å²) in [6.45, 7) is 7.32. The molecule has 0 aliphatic heterocycles. The Hall–Kier alpha value is -2.37. The van der Waals surface area contributed by atoms with Crippen molar-refractivity contribution in [2.24, 2.45) is 0 Å². The van der Waals surface area contributed by atoms with Gasteiger partial charge in [-0.25, -0.2) is 14.4 Å². The minimum Gasteiger partial charge on any atom is -0.478 e. The number of hydrogen-bond donors (Lipinski definition) is 3. The van der Waals surface area contributed by atoms with Crippen molar-refractivity contribution in [3.8, 4) is 0 Å². The topological polar surface area (TPSA) is 112 Å². The molecule has 0 atom stereocenters. The average molecular weight is 298 g/mol. The number of aliphatic carboxylic acids is 3. The molecule has 0 amide bonds. The molecule has 21 heavy (non-hydrogen) atoms. The highest BCUT2D eigenvalue weighted by Crippen LogP contribution is 2.18. The highest BCUT2D eigenvalue weighted by molar-refractivity contribution is 6.05. The summed E-state index contributed by atoms with van der Waals surface area (Å²) in [4.78, 5) is 30.2. The number of rotatable bonds is 4. The zero-order valence-electron chi connectivity index (χ0n) is 12.3. The number of carboxylic acid groups (broad SMARTS) is 3. The average Bonchev–Trinajstić information content (AvgIpc) is 2.47. The van der Waals surface area contributed by atoms with Crippen LogP contribution in [0.5, 0.6) is 0 Å². The Balaban J connectivity index is 0. The maximum absolute atomic E-state index is 10.5. The summed E-state index contributed by atoms with van der Waals surface area (Å²) in [5.41, 5.74) is -0.206. The molecule has 1 aliphatic rings. The van der Waals surface area contributed by atoms with Crippen molar-refractivity contribution < 1.29 is 29.7 Å². The molecule has 1 aliphatic carbocycles. The van der Waals surface area contributed by atoms with Crippen LogP contribution in [0.25, 0.3) is 0 Å². The normalized spacial score (nSPS) is 12.3. The maximum Gasteiger partial charge on any atom is 0.336 e. The van der Waals surface area contributed by atoms with Gasteiger partial charge in [0.05, 0.1) is 11.1 Å². The SMILES string of the molecule is C=CC(=O)O.CCCC.O=C(O)C1=CCCC=C1C(=O)O. The smallest absolute Gasteiger partial charge is 0.336 e. The van der Waals surface area contributed by atoms with Crippen molar-refractivity contribution in [1.82, 2.24) is 0 Å². The number of allylic oxidation sites excluding steroid dienone is 2. The Labute approximate surface area is 124 Å². The standard InChI is InChI=1S/C8H8O4.C4H10.C3H4O2/c9-7(10)5-3-1-2-4-6(5)8(11)12;1-3-4-2;1-2-3(4)5/h3-4H,1-2H2,(H,9,10)(H,11,12);3-4H2,1-2H3;2H,1H2,(H,4,5). The largest absolute Gasteiger partial charge is 0.478 e. The van der Waals surface area contributed by atoms with Crippen LogP contribution in [-0.4, -0.2) is 33.2 Å². The number of hydrogen-bond acceptors (Lipinski definition) is 3. The quantitative estimate of drug-likeness (QED) is 0.688. The van der Waals surface area contributed by atoms with Gasteiger partial charge in [-0.05, 0) is 12.8 Å². The molecule has 0 spiro atoms. The summed E-state index contributed by atoms with van der Waals surface area (Å²) in [5.74, 6) is -3.34. The van der Waals surface area contributed by atoms with E-state index in [1.54, 1.807) is 0 Å². The molecule has 0 aromatic rings. The van der Waals surface area contributed by atoms with Gasteiger partial charge >= 0.3 is 17.9 Å². The molecular weight excluding hydrogens is 276 g/mol. The summed E-state index contributed by atoms with van der Waals surface area (Å²) in [6, 6.07) is 0. The maximum atomic E-state index is 10.5. The van der Waals surface area contributed by atoms with Gasteiger partial charge in [0.1, 0.15) is 0 Å². The molecule has 0 radical (unpaired) electrons. The predicted octanol–water partition coefficient (Wildman–Crippen LogP) is 2.87. The fraction of sp³-hybridized carbons (Fsp3) is 0.400. The summed E-state index contributed by atoms with van der Waals surface area (Å²) >= 11 is 0. The number of carbonyl (C=O) groups is 3. The molecule has 3 N–H and O–H groups in total. The first kappa shape index (κ1) is 20.9. The van der Waals surface area contributed by atoms with Crippen molar-refractivity contribution in [2.75, 3.05) is 0 Å². The summed E-state index contributed by atoms with van der Waals surface area (Å²) in [5, 5.41) is 24.8. The molecule has 0 aromatic carbocycles. The van der Waals surface area contributed by atoms with E-state index in [0.717, 1.165) is 6.08 Å². The fourth-order valence-electron chi connectivity index (χ4n) is 1.08. The predicted molar refractivity (Wildman–Crippen MR) is 79.1 cm³/mol. The van der Waals surface area contributed by atoms with E-state index in [9.17, 15) is 14.4 Å². The Morgan fingerprint density at radius 2 is 1.29 bits per heavy atom. The molecule has 0 saturated heterocycles. The lowest BCUT2D eigenvalue weighted by molar-refractivity contribution is -0.136. The Bertz CT molecular complexity index is 399. The number of carboxylic acids is 3. The van der Waals surface area contributed by atoms with Crippen molar-refractivity contribution in [3.63, 3.8) is 0 Å². The lowest BCUT2D eigenvalue weighted by atomic mass is 9.98. The zero-order chi connectivity index (χ0) is 16.8. The van der Waals surface area contributed by atoms with Gasteiger partial charge in [-0.15, -0.1) is 0 Å². The van der Waals surface area contributed by atoms with Gasteiger partial charge in [0.15, 0.2) is 0 Å². The van der Waals surface area contributed by atoms with E-state index in [-0.39, 0.29) is 11.1 Å². The third kappa shape index (κ3) is 11.2. The fourth-order valence-corrected chi connectivity index (χ4v) is 1.08. The van der Waals surface area contributed by atoms with Crippen LogP contribution in [0, 0.1) is 0 Å². The second-order valence-corrected chi connectivity index (χ2v) is 3.97. The van der Waals surface area contributed by atoms with Crippen LogP contribution < -0.4 is 0 Å². The van der Waals surface area contributed by atoms with E-state index in [1.165, 1.54) is 25.0 Å².